The van der Waals surface area contributed by atoms with Crippen LogP contribution < -0.4 is 11.3 Å². The Bertz CT molecular complexity index is 438. The van der Waals surface area contributed by atoms with E-state index in [2.05, 4.69) is 17.3 Å². The van der Waals surface area contributed by atoms with E-state index in [1.54, 1.807) is 18.3 Å². The van der Waals surface area contributed by atoms with Gasteiger partial charge in [-0.15, -0.1) is 0 Å². The third-order valence-electron chi connectivity index (χ3n) is 4.41. The molecule has 1 aromatic rings. The van der Waals surface area contributed by atoms with Gasteiger partial charge in [0.25, 0.3) is 5.91 Å². The third-order valence-corrected chi connectivity index (χ3v) is 4.41. The third kappa shape index (κ3) is 3.28. The first kappa shape index (κ1) is 14.8. The molecule has 0 atom stereocenters. The highest BCUT2D eigenvalue weighted by Gasteiger charge is 2.26. The predicted octanol–water partition coefficient (Wildman–Crippen LogP) is 2.41. The maximum atomic E-state index is 12.4. The minimum atomic E-state index is -0.00600. The van der Waals surface area contributed by atoms with E-state index in [0.29, 0.717) is 17.4 Å². The lowest BCUT2D eigenvalue weighted by atomic mass is 9.84. The summed E-state index contributed by atoms with van der Waals surface area (Å²) >= 11 is 0. The highest BCUT2D eigenvalue weighted by Crippen LogP contribution is 2.29. The lowest BCUT2D eigenvalue weighted by Crippen LogP contribution is -2.39. The highest BCUT2D eigenvalue weighted by atomic mass is 16.2. The number of hydrogen-bond acceptors (Lipinski definition) is 4. The van der Waals surface area contributed by atoms with Crippen LogP contribution in [0.5, 0.6) is 0 Å². The van der Waals surface area contributed by atoms with E-state index in [4.69, 9.17) is 5.84 Å². The van der Waals surface area contributed by atoms with Crippen molar-refractivity contribution in [3.63, 3.8) is 0 Å². The normalized spacial score (nSPS) is 22.4. The second-order valence-corrected chi connectivity index (χ2v) is 5.58. The number of nitrogens with zero attached hydrogens (tertiary/aromatic N) is 2. The summed E-state index contributed by atoms with van der Waals surface area (Å²) in [5, 5.41) is 0. The van der Waals surface area contributed by atoms with Gasteiger partial charge in [-0.1, -0.05) is 13.3 Å². The average Bonchev–Trinajstić information content (AvgIpc) is 2.53. The number of nitrogen functional groups attached to an aromatic ring is 1. The summed E-state index contributed by atoms with van der Waals surface area (Å²) < 4.78 is 0. The van der Waals surface area contributed by atoms with E-state index < -0.39 is 0 Å². The van der Waals surface area contributed by atoms with Gasteiger partial charge in [0.05, 0.1) is 11.9 Å². The van der Waals surface area contributed by atoms with Crippen molar-refractivity contribution in [3.05, 3.63) is 24.0 Å². The zero-order chi connectivity index (χ0) is 14.5. The molecular formula is C15H24N4O. The lowest BCUT2D eigenvalue weighted by molar-refractivity contribution is 0.0669. The molecule has 1 aliphatic carbocycles. The Kier molecular flexibility index (Phi) is 4.95. The molecule has 20 heavy (non-hydrogen) atoms. The molecule has 0 unspecified atom stereocenters. The molecule has 3 N–H and O–H groups in total. The molecule has 1 fully saturated rings. The molecule has 2 rings (SSSR count). The summed E-state index contributed by atoms with van der Waals surface area (Å²) in [6.07, 6.45) is 7.48. The summed E-state index contributed by atoms with van der Waals surface area (Å²) in [6.45, 7) is 2.25. The fraction of sp³-hybridized carbons (Fsp3) is 0.600. The fourth-order valence-electron chi connectivity index (χ4n) is 2.89. The van der Waals surface area contributed by atoms with Crippen LogP contribution in [0.2, 0.25) is 0 Å². The highest BCUT2D eigenvalue weighted by molar-refractivity contribution is 5.92. The smallest absolute Gasteiger partial charge is 0.272 e. The number of anilines is 1. The summed E-state index contributed by atoms with van der Waals surface area (Å²) in [5.74, 6) is 6.12. The zero-order valence-electron chi connectivity index (χ0n) is 12.3. The van der Waals surface area contributed by atoms with Gasteiger partial charge in [-0.05, 0) is 43.7 Å². The number of nitrogens with two attached hydrogens (primary N) is 1. The van der Waals surface area contributed by atoms with Gasteiger partial charge in [-0.25, -0.2) is 4.98 Å². The Morgan fingerprint density at radius 1 is 1.40 bits per heavy atom. The van der Waals surface area contributed by atoms with E-state index in [-0.39, 0.29) is 5.91 Å². The topological polar surface area (TPSA) is 71.2 Å². The molecule has 0 spiro atoms. The Labute approximate surface area is 120 Å². The predicted molar refractivity (Wildman–Crippen MR) is 80.2 cm³/mol. The fourth-order valence-corrected chi connectivity index (χ4v) is 2.89. The maximum absolute atomic E-state index is 12.4. The van der Waals surface area contributed by atoms with Crippen LogP contribution in [-0.2, 0) is 0 Å². The largest absolute Gasteiger partial charge is 0.337 e. The van der Waals surface area contributed by atoms with Crippen molar-refractivity contribution in [2.24, 2.45) is 11.8 Å². The summed E-state index contributed by atoms with van der Waals surface area (Å²) in [6, 6.07) is 3.83. The lowest BCUT2D eigenvalue weighted by Gasteiger charge is -2.34. The molecule has 5 nitrogen and oxygen atoms in total. The van der Waals surface area contributed by atoms with Crippen molar-refractivity contribution in [1.82, 2.24) is 9.88 Å². The molecule has 0 saturated heterocycles. The number of rotatable bonds is 4. The van der Waals surface area contributed by atoms with Crippen molar-refractivity contribution >= 4 is 11.6 Å². The van der Waals surface area contributed by atoms with Crippen LogP contribution in [0.15, 0.2) is 18.3 Å². The molecule has 1 heterocycles. The number of pyridine rings is 1. The minimum absolute atomic E-state index is 0.00600. The molecule has 0 aliphatic heterocycles. The van der Waals surface area contributed by atoms with Crippen molar-refractivity contribution in [3.8, 4) is 0 Å². The average molecular weight is 276 g/mol. The van der Waals surface area contributed by atoms with Crippen molar-refractivity contribution in [2.75, 3.05) is 12.5 Å². The van der Waals surface area contributed by atoms with Crippen LogP contribution in [0.3, 0.4) is 0 Å². The van der Waals surface area contributed by atoms with Crippen molar-refractivity contribution < 1.29 is 4.79 Å². The van der Waals surface area contributed by atoms with Gasteiger partial charge >= 0.3 is 0 Å². The number of aromatic nitrogens is 1. The molecule has 0 aromatic carbocycles. The van der Waals surface area contributed by atoms with Crippen molar-refractivity contribution in [1.29, 1.82) is 0 Å². The van der Waals surface area contributed by atoms with E-state index in [0.717, 1.165) is 18.8 Å². The SMILES string of the molecule is CCC1CCC(N(C)C(=O)c2ccc(NN)cn2)CC1. The summed E-state index contributed by atoms with van der Waals surface area (Å²) in [4.78, 5) is 18.4. The van der Waals surface area contributed by atoms with Gasteiger partial charge in [0.15, 0.2) is 0 Å². The van der Waals surface area contributed by atoms with Gasteiger partial charge in [0.2, 0.25) is 0 Å². The van der Waals surface area contributed by atoms with Gasteiger partial charge in [-0.3, -0.25) is 10.6 Å². The number of carbonyl (C=O) groups excluding carboxylic acids is 1. The molecule has 1 aliphatic rings. The molecule has 1 amide bonds. The van der Waals surface area contributed by atoms with E-state index in [1.165, 1.54) is 19.3 Å². The zero-order valence-corrected chi connectivity index (χ0v) is 12.3. The number of hydrazine groups is 1. The first-order valence-electron chi connectivity index (χ1n) is 7.35. The molecule has 0 radical (unpaired) electrons. The quantitative estimate of drug-likeness (QED) is 0.654. The molecule has 1 aromatic heterocycles. The maximum Gasteiger partial charge on any atom is 0.272 e. The first-order chi connectivity index (χ1) is 9.65. The summed E-state index contributed by atoms with van der Waals surface area (Å²) in [7, 11) is 1.88. The number of amides is 1. The Morgan fingerprint density at radius 3 is 2.60 bits per heavy atom. The van der Waals surface area contributed by atoms with Gasteiger partial charge in [0.1, 0.15) is 5.69 Å². The Hall–Kier alpha value is -1.62. The van der Waals surface area contributed by atoms with Crippen LogP contribution in [0.25, 0.3) is 0 Å². The summed E-state index contributed by atoms with van der Waals surface area (Å²) in [5.41, 5.74) is 3.69. The van der Waals surface area contributed by atoms with Crippen LogP contribution in [0.4, 0.5) is 5.69 Å². The van der Waals surface area contributed by atoms with Gasteiger partial charge in [-0.2, -0.15) is 0 Å². The first-order valence-corrected chi connectivity index (χ1v) is 7.35. The number of hydrogen-bond donors (Lipinski definition) is 2. The molecule has 0 bridgehead atoms. The molecule has 5 heteroatoms. The van der Waals surface area contributed by atoms with E-state index in [1.807, 2.05) is 11.9 Å². The molecular weight excluding hydrogens is 252 g/mol. The molecule has 110 valence electrons. The second kappa shape index (κ2) is 6.70. The number of carbonyl (C=O) groups is 1. The second-order valence-electron chi connectivity index (χ2n) is 5.58. The monoisotopic (exact) mass is 276 g/mol. The van der Waals surface area contributed by atoms with E-state index in [9.17, 15) is 4.79 Å². The van der Waals surface area contributed by atoms with Crippen LogP contribution in [0.1, 0.15) is 49.5 Å². The Balaban J connectivity index is 1.97. The van der Waals surface area contributed by atoms with Crippen LogP contribution in [0, 0.1) is 5.92 Å². The van der Waals surface area contributed by atoms with Crippen molar-refractivity contribution in [2.45, 2.75) is 45.1 Å². The van der Waals surface area contributed by atoms with Crippen LogP contribution in [-0.4, -0.2) is 28.9 Å². The Morgan fingerprint density at radius 2 is 2.10 bits per heavy atom. The van der Waals surface area contributed by atoms with Gasteiger partial charge < -0.3 is 10.3 Å². The van der Waals surface area contributed by atoms with Crippen LogP contribution >= 0.6 is 0 Å². The van der Waals surface area contributed by atoms with E-state index >= 15 is 0 Å². The van der Waals surface area contributed by atoms with Gasteiger partial charge in [0, 0.05) is 13.1 Å². The standard InChI is InChI=1S/C15H24N4O/c1-3-11-4-7-13(8-5-11)19(2)15(20)14-9-6-12(18-16)10-17-14/h6,9-11,13,18H,3-5,7-8,16H2,1-2H3. The molecule has 1 saturated carbocycles. The number of nitrogens with one attached hydrogen (secondary N) is 1. The minimum Gasteiger partial charge on any atom is -0.337 e.